The normalized spacial score (nSPS) is 18.1. The average Bonchev–Trinajstić information content (AvgIpc) is 2.53. The number of hydrogen-bond donors (Lipinski definition) is 0. The predicted octanol–water partition coefficient (Wildman–Crippen LogP) is 6.04. The van der Waals surface area contributed by atoms with E-state index in [0.29, 0.717) is 13.2 Å². The highest BCUT2D eigenvalue weighted by Gasteiger charge is 2.26. The first-order valence-corrected chi connectivity index (χ1v) is 9.82. The van der Waals surface area contributed by atoms with Crippen molar-refractivity contribution in [2.45, 2.75) is 53.9 Å². The lowest BCUT2D eigenvalue weighted by molar-refractivity contribution is -0.143. The molecule has 0 spiro atoms. The van der Waals surface area contributed by atoms with Gasteiger partial charge in [-0.2, -0.15) is 0 Å². The van der Waals surface area contributed by atoms with E-state index in [1.165, 1.54) is 36.0 Å². The lowest BCUT2D eigenvalue weighted by atomic mass is 9.72. The van der Waals surface area contributed by atoms with Crippen molar-refractivity contribution < 1.29 is 9.53 Å². The lowest BCUT2D eigenvalue weighted by Gasteiger charge is -2.32. The van der Waals surface area contributed by atoms with Gasteiger partial charge in [-0.25, -0.2) is 0 Å². The molecule has 0 saturated carbocycles. The summed E-state index contributed by atoms with van der Waals surface area (Å²) in [5.41, 5.74) is 5.58. The summed E-state index contributed by atoms with van der Waals surface area (Å²) >= 11 is 0. The second-order valence-corrected chi connectivity index (χ2v) is 8.40. The van der Waals surface area contributed by atoms with Crippen LogP contribution in [0.15, 0.2) is 58.7 Å². The molecule has 0 radical (unpaired) electrons. The molecule has 0 bridgehead atoms. The Morgan fingerprint density at radius 3 is 2.46 bits per heavy atom. The minimum absolute atomic E-state index is 0. The fourth-order valence-corrected chi connectivity index (χ4v) is 3.27. The van der Waals surface area contributed by atoms with Gasteiger partial charge in [-0.15, -0.1) is 12.4 Å². The molecule has 4 heteroatoms. The number of esters is 1. The zero-order chi connectivity index (χ0) is 20.4. The van der Waals surface area contributed by atoms with Crippen molar-refractivity contribution in [3.8, 4) is 0 Å². The number of carbonyl (C=O) groups excluding carboxylic acids is 1. The van der Waals surface area contributed by atoms with Crippen LogP contribution >= 0.6 is 12.4 Å². The Morgan fingerprint density at radius 1 is 1.18 bits per heavy atom. The van der Waals surface area contributed by atoms with E-state index in [4.69, 9.17) is 4.74 Å². The number of allylic oxidation sites excluding steroid dienone is 9. The maximum Gasteiger partial charge on any atom is 0.320 e. The van der Waals surface area contributed by atoms with Crippen molar-refractivity contribution in [2.24, 2.45) is 5.41 Å². The predicted molar refractivity (Wildman–Crippen MR) is 123 cm³/mol. The fraction of sp³-hybridized carbons (Fsp3) is 0.542. The first-order chi connectivity index (χ1) is 12.6. The molecule has 0 aromatic rings. The van der Waals surface area contributed by atoms with Crippen LogP contribution in [0.3, 0.4) is 0 Å². The van der Waals surface area contributed by atoms with Gasteiger partial charge in [0.25, 0.3) is 0 Å². The Labute approximate surface area is 178 Å². The molecule has 0 N–H and O–H groups in total. The molecule has 3 nitrogen and oxygen atoms in total. The van der Waals surface area contributed by atoms with Gasteiger partial charge in [0.05, 0.1) is 6.54 Å². The molecular weight excluding hydrogens is 370 g/mol. The fourth-order valence-electron chi connectivity index (χ4n) is 3.27. The van der Waals surface area contributed by atoms with Gasteiger partial charge in [-0.1, -0.05) is 60.9 Å². The second kappa shape index (κ2) is 12.8. The largest absolute Gasteiger partial charge is 0.460 e. The van der Waals surface area contributed by atoms with Crippen molar-refractivity contribution in [1.82, 2.24) is 4.90 Å². The maximum absolute atomic E-state index is 11.5. The van der Waals surface area contributed by atoms with Crippen molar-refractivity contribution in [1.29, 1.82) is 0 Å². The van der Waals surface area contributed by atoms with Gasteiger partial charge >= 0.3 is 5.97 Å². The second-order valence-electron chi connectivity index (χ2n) is 8.40. The van der Waals surface area contributed by atoms with Crippen LogP contribution in [-0.4, -0.2) is 38.1 Å². The number of ether oxygens (including phenoxy) is 1. The Balaban J connectivity index is 0.00000729. The van der Waals surface area contributed by atoms with Gasteiger partial charge < -0.3 is 4.74 Å². The van der Waals surface area contributed by atoms with E-state index in [0.717, 1.165) is 5.57 Å². The van der Waals surface area contributed by atoms with E-state index in [1.54, 1.807) is 4.90 Å². The molecule has 0 fully saturated rings. The number of halogens is 1. The summed E-state index contributed by atoms with van der Waals surface area (Å²) in [5, 5.41) is 0. The minimum atomic E-state index is -0.204. The van der Waals surface area contributed by atoms with Crippen LogP contribution in [0.25, 0.3) is 0 Å². The molecule has 0 amide bonds. The molecule has 0 unspecified atom stereocenters. The van der Waals surface area contributed by atoms with Gasteiger partial charge in [-0.05, 0) is 71.2 Å². The molecule has 0 atom stereocenters. The third-order valence-electron chi connectivity index (χ3n) is 4.87. The zero-order valence-corrected chi connectivity index (χ0v) is 19.5. The van der Waals surface area contributed by atoms with Crippen molar-refractivity contribution in [2.75, 3.05) is 27.2 Å². The Hall–Kier alpha value is -1.58. The standard InChI is InChI=1S/C24H37NO2.ClH/c1-19(13-14-22-21(3)12-9-16-24(22,4)5)10-8-11-20(2)15-17-27-23(26)18-25(6)7;/h8,10-11,13-15H,9,12,16-18H2,1-7H3;1H. The van der Waals surface area contributed by atoms with E-state index in [1.807, 2.05) is 39.2 Å². The average molecular weight is 408 g/mol. The highest BCUT2D eigenvalue weighted by Crippen LogP contribution is 2.40. The Kier molecular flexibility index (Phi) is 12.1. The third-order valence-corrected chi connectivity index (χ3v) is 4.87. The van der Waals surface area contributed by atoms with Gasteiger partial charge in [0, 0.05) is 0 Å². The molecule has 0 aromatic carbocycles. The molecule has 0 heterocycles. The van der Waals surface area contributed by atoms with Crippen LogP contribution in [0.4, 0.5) is 0 Å². The van der Waals surface area contributed by atoms with Crippen LogP contribution in [0, 0.1) is 5.41 Å². The van der Waals surface area contributed by atoms with E-state index >= 15 is 0 Å². The van der Waals surface area contributed by atoms with Crippen LogP contribution in [0.5, 0.6) is 0 Å². The SMILES string of the molecule is CC(C=CC1=C(C)CCCC1(C)C)=CC=CC(C)=CCOC(=O)CN(C)C.Cl. The highest BCUT2D eigenvalue weighted by atomic mass is 35.5. The number of carbonyl (C=O) groups is 1. The van der Waals surface area contributed by atoms with Gasteiger partial charge in [-0.3, -0.25) is 9.69 Å². The van der Waals surface area contributed by atoms with Crippen LogP contribution in [-0.2, 0) is 9.53 Å². The van der Waals surface area contributed by atoms with E-state index in [9.17, 15) is 4.79 Å². The molecule has 1 aliphatic carbocycles. The lowest BCUT2D eigenvalue weighted by Crippen LogP contribution is -2.23. The van der Waals surface area contributed by atoms with Crippen LogP contribution in [0.2, 0.25) is 0 Å². The van der Waals surface area contributed by atoms with Crippen molar-refractivity contribution in [3.05, 3.63) is 58.7 Å². The summed E-state index contributed by atoms with van der Waals surface area (Å²) in [6, 6.07) is 0. The van der Waals surface area contributed by atoms with Gasteiger partial charge in [0.2, 0.25) is 0 Å². The van der Waals surface area contributed by atoms with E-state index < -0.39 is 0 Å². The van der Waals surface area contributed by atoms with E-state index in [-0.39, 0.29) is 23.8 Å². The van der Waals surface area contributed by atoms with Crippen molar-refractivity contribution in [3.63, 3.8) is 0 Å². The summed E-state index contributed by atoms with van der Waals surface area (Å²) in [7, 11) is 3.70. The van der Waals surface area contributed by atoms with Crippen LogP contribution in [0.1, 0.15) is 53.9 Å². The third kappa shape index (κ3) is 10.1. The highest BCUT2D eigenvalue weighted by molar-refractivity contribution is 5.85. The molecule has 158 valence electrons. The minimum Gasteiger partial charge on any atom is -0.460 e. The zero-order valence-electron chi connectivity index (χ0n) is 18.7. The Bertz CT molecular complexity index is 664. The first-order valence-electron chi connectivity index (χ1n) is 9.82. The quantitative estimate of drug-likeness (QED) is 0.362. The molecule has 1 rings (SSSR count). The summed E-state index contributed by atoms with van der Waals surface area (Å²) in [6.45, 7) is 11.7. The molecule has 0 saturated heterocycles. The smallest absolute Gasteiger partial charge is 0.320 e. The molecule has 0 aliphatic heterocycles. The summed E-state index contributed by atoms with van der Waals surface area (Å²) in [6.07, 6.45) is 16.4. The summed E-state index contributed by atoms with van der Waals surface area (Å²) < 4.78 is 5.16. The Morgan fingerprint density at radius 2 is 1.86 bits per heavy atom. The van der Waals surface area contributed by atoms with Gasteiger partial charge in [0.1, 0.15) is 6.61 Å². The summed E-state index contributed by atoms with van der Waals surface area (Å²) in [4.78, 5) is 13.3. The number of rotatable bonds is 8. The summed E-state index contributed by atoms with van der Waals surface area (Å²) in [5.74, 6) is -0.204. The maximum atomic E-state index is 11.5. The number of likely N-dealkylation sites (N-methyl/N-ethyl adjacent to an activating group) is 1. The topological polar surface area (TPSA) is 29.5 Å². The molecule has 28 heavy (non-hydrogen) atoms. The number of nitrogens with zero attached hydrogens (tertiary/aromatic N) is 1. The first kappa shape index (κ1) is 26.4. The molecular formula is C24H38ClNO2. The molecule has 0 aromatic heterocycles. The molecule has 1 aliphatic rings. The van der Waals surface area contributed by atoms with Gasteiger partial charge in [0.15, 0.2) is 0 Å². The van der Waals surface area contributed by atoms with E-state index in [2.05, 4.69) is 45.9 Å². The van der Waals surface area contributed by atoms with Crippen molar-refractivity contribution >= 4 is 18.4 Å². The van der Waals surface area contributed by atoms with Crippen LogP contribution < -0.4 is 0 Å². The number of hydrogen-bond acceptors (Lipinski definition) is 3. The monoisotopic (exact) mass is 407 g/mol.